The van der Waals surface area contributed by atoms with Crippen LogP contribution in [0, 0.1) is 0 Å². The summed E-state index contributed by atoms with van der Waals surface area (Å²) in [7, 11) is -1.46. The molecule has 0 aliphatic carbocycles. The van der Waals surface area contributed by atoms with Gasteiger partial charge in [-0.3, -0.25) is 0 Å². The molecular weight excluding hydrogens is 240 g/mol. The molecule has 0 fully saturated rings. The van der Waals surface area contributed by atoms with Gasteiger partial charge in [-0.05, 0) is 44.0 Å². The first-order valence-corrected chi connectivity index (χ1v) is 7.87. The standard InChI is InChI=1S/C12H19ClO2Si/c1-3-14-16(15-4-2)9-8-11-6-5-7-12(13)10-11/h5-7,10,16H,3-4,8-9H2,1-2H3. The zero-order chi connectivity index (χ0) is 11.8. The maximum absolute atomic E-state index is 5.93. The number of hydrogen-bond acceptors (Lipinski definition) is 2. The van der Waals surface area contributed by atoms with E-state index in [9.17, 15) is 0 Å². The average Bonchev–Trinajstić information content (AvgIpc) is 2.27. The van der Waals surface area contributed by atoms with Crippen molar-refractivity contribution in [1.82, 2.24) is 0 Å². The Morgan fingerprint density at radius 1 is 1.19 bits per heavy atom. The lowest BCUT2D eigenvalue weighted by Gasteiger charge is -2.14. The molecule has 0 aromatic heterocycles. The molecule has 0 saturated carbocycles. The van der Waals surface area contributed by atoms with E-state index < -0.39 is 9.28 Å². The van der Waals surface area contributed by atoms with Crippen molar-refractivity contribution >= 4 is 20.9 Å². The van der Waals surface area contributed by atoms with Crippen molar-refractivity contribution in [2.24, 2.45) is 0 Å². The second kappa shape index (κ2) is 7.85. The zero-order valence-electron chi connectivity index (χ0n) is 9.91. The molecule has 4 heteroatoms. The van der Waals surface area contributed by atoms with E-state index in [-0.39, 0.29) is 0 Å². The van der Waals surface area contributed by atoms with E-state index in [2.05, 4.69) is 6.07 Å². The van der Waals surface area contributed by atoms with Crippen LogP contribution in [0.4, 0.5) is 0 Å². The molecule has 16 heavy (non-hydrogen) atoms. The van der Waals surface area contributed by atoms with E-state index in [0.717, 1.165) is 30.7 Å². The summed E-state index contributed by atoms with van der Waals surface area (Å²) in [5.41, 5.74) is 1.25. The Hall–Kier alpha value is -0.353. The fraction of sp³-hybridized carbons (Fsp3) is 0.500. The molecule has 0 N–H and O–H groups in total. The Bertz CT molecular complexity index is 301. The minimum absolute atomic E-state index is 0.742. The molecule has 0 unspecified atom stereocenters. The lowest BCUT2D eigenvalue weighted by atomic mass is 10.2. The SMILES string of the molecule is CCO[SiH](CCc1cccc(Cl)c1)OCC. The summed E-state index contributed by atoms with van der Waals surface area (Å²) in [6.07, 6.45) is 0.984. The molecule has 1 aromatic rings. The molecule has 0 spiro atoms. The third-order valence-electron chi connectivity index (χ3n) is 2.26. The van der Waals surface area contributed by atoms with Gasteiger partial charge in [0.15, 0.2) is 0 Å². The summed E-state index contributed by atoms with van der Waals surface area (Å²) in [5, 5.41) is 0.795. The molecule has 0 atom stereocenters. The Morgan fingerprint density at radius 3 is 2.44 bits per heavy atom. The van der Waals surface area contributed by atoms with Crippen LogP contribution in [0.2, 0.25) is 11.1 Å². The highest BCUT2D eigenvalue weighted by atomic mass is 35.5. The van der Waals surface area contributed by atoms with Gasteiger partial charge in [-0.2, -0.15) is 0 Å². The highest BCUT2D eigenvalue weighted by molar-refractivity contribution is 6.44. The predicted octanol–water partition coefficient (Wildman–Crippen LogP) is 3.18. The summed E-state index contributed by atoms with van der Waals surface area (Å²) in [5.74, 6) is 0. The zero-order valence-corrected chi connectivity index (χ0v) is 11.8. The van der Waals surface area contributed by atoms with Gasteiger partial charge in [0.1, 0.15) is 0 Å². The molecule has 90 valence electrons. The van der Waals surface area contributed by atoms with Crippen molar-refractivity contribution < 1.29 is 8.85 Å². The Balaban J connectivity index is 2.41. The Kier molecular flexibility index (Phi) is 6.72. The van der Waals surface area contributed by atoms with E-state index in [1.807, 2.05) is 32.0 Å². The van der Waals surface area contributed by atoms with Crippen molar-refractivity contribution in [2.75, 3.05) is 13.2 Å². The van der Waals surface area contributed by atoms with Crippen LogP contribution in [0.15, 0.2) is 24.3 Å². The second-order valence-electron chi connectivity index (χ2n) is 3.51. The van der Waals surface area contributed by atoms with E-state index in [0.29, 0.717) is 0 Å². The van der Waals surface area contributed by atoms with Crippen molar-refractivity contribution in [1.29, 1.82) is 0 Å². The number of hydrogen-bond donors (Lipinski definition) is 0. The van der Waals surface area contributed by atoms with E-state index in [4.69, 9.17) is 20.5 Å². The summed E-state index contributed by atoms with van der Waals surface area (Å²) < 4.78 is 11.2. The van der Waals surface area contributed by atoms with E-state index in [1.54, 1.807) is 0 Å². The van der Waals surface area contributed by atoms with Crippen molar-refractivity contribution in [3.63, 3.8) is 0 Å². The molecular formula is C12H19ClO2Si. The van der Waals surface area contributed by atoms with Crippen LogP contribution < -0.4 is 0 Å². The van der Waals surface area contributed by atoms with Crippen LogP contribution in [0.25, 0.3) is 0 Å². The minimum atomic E-state index is -1.46. The minimum Gasteiger partial charge on any atom is -0.397 e. The van der Waals surface area contributed by atoms with Gasteiger partial charge in [-0.1, -0.05) is 23.7 Å². The molecule has 0 aliphatic heterocycles. The maximum Gasteiger partial charge on any atom is 0.321 e. The van der Waals surface area contributed by atoms with Crippen LogP contribution >= 0.6 is 11.6 Å². The predicted molar refractivity (Wildman–Crippen MR) is 70.4 cm³/mol. The van der Waals surface area contributed by atoms with Gasteiger partial charge in [0.25, 0.3) is 0 Å². The first-order valence-electron chi connectivity index (χ1n) is 5.74. The molecule has 0 amide bonds. The molecule has 0 bridgehead atoms. The Morgan fingerprint density at radius 2 is 1.88 bits per heavy atom. The van der Waals surface area contributed by atoms with Gasteiger partial charge in [-0.15, -0.1) is 0 Å². The maximum atomic E-state index is 5.93. The van der Waals surface area contributed by atoms with E-state index in [1.165, 1.54) is 5.56 Å². The van der Waals surface area contributed by atoms with Crippen molar-refractivity contribution in [3.8, 4) is 0 Å². The van der Waals surface area contributed by atoms with Gasteiger partial charge in [0.2, 0.25) is 0 Å². The first-order chi connectivity index (χ1) is 7.76. The summed E-state index contributed by atoms with van der Waals surface area (Å²) in [6, 6.07) is 8.97. The van der Waals surface area contributed by atoms with Crippen LogP contribution in [0.5, 0.6) is 0 Å². The van der Waals surface area contributed by atoms with Gasteiger partial charge in [0.05, 0.1) is 0 Å². The fourth-order valence-electron chi connectivity index (χ4n) is 1.56. The number of benzene rings is 1. The lowest BCUT2D eigenvalue weighted by Crippen LogP contribution is -2.23. The number of halogens is 1. The number of aryl methyl sites for hydroxylation is 1. The molecule has 1 rings (SSSR count). The smallest absolute Gasteiger partial charge is 0.321 e. The third kappa shape index (κ3) is 5.12. The summed E-state index contributed by atoms with van der Waals surface area (Å²) in [4.78, 5) is 0. The lowest BCUT2D eigenvalue weighted by molar-refractivity contribution is 0.213. The van der Waals surface area contributed by atoms with Gasteiger partial charge in [-0.25, -0.2) is 0 Å². The molecule has 0 radical (unpaired) electrons. The molecule has 0 aliphatic rings. The molecule has 0 heterocycles. The third-order valence-corrected chi connectivity index (χ3v) is 4.67. The summed E-state index contributed by atoms with van der Waals surface area (Å²) in [6.45, 7) is 5.51. The molecule has 2 nitrogen and oxygen atoms in total. The summed E-state index contributed by atoms with van der Waals surface area (Å²) >= 11 is 5.93. The van der Waals surface area contributed by atoms with Gasteiger partial charge in [0, 0.05) is 18.2 Å². The van der Waals surface area contributed by atoms with Crippen LogP contribution in [0.1, 0.15) is 19.4 Å². The van der Waals surface area contributed by atoms with Crippen molar-refractivity contribution in [2.45, 2.75) is 26.3 Å². The number of rotatable bonds is 7. The van der Waals surface area contributed by atoms with Gasteiger partial charge < -0.3 is 8.85 Å². The van der Waals surface area contributed by atoms with E-state index >= 15 is 0 Å². The largest absolute Gasteiger partial charge is 0.397 e. The first kappa shape index (κ1) is 13.7. The normalized spacial score (nSPS) is 11.0. The highest BCUT2D eigenvalue weighted by Crippen LogP contribution is 2.13. The molecule has 0 saturated heterocycles. The highest BCUT2D eigenvalue weighted by Gasteiger charge is 2.11. The van der Waals surface area contributed by atoms with Gasteiger partial charge >= 0.3 is 9.28 Å². The quantitative estimate of drug-likeness (QED) is 0.700. The Labute approximate surface area is 104 Å². The molecule has 1 aromatic carbocycles. The fourth-order valence-corrected chi connectivity index (χ4v) is 3.52. The second-order valence-corrected chi connectivity index (χ2v) is 6.05. The van der Waals surface area contributed by atoms with Crippen LogP contribution in [0.3, 0.4) is 0 Å². The van der Waals surface area contributed by atoms with Crippen LogP contribution in [-0.2, 0) is 15.3 Å². The topological polar surface area (TPSA) is 18.5 Å². The monoisotopic (exact) mass is 258 g/mol. The van der Waals surface area contributed by atoms with Crippen molar-refractivity contribution in [3.05, 3.63) is 34.9 Å². The average molecular weight is 259 g/mol. The van der Waals surface area contributed by atoms with Crippen LogP contribution in [-0.4, -0.2) is 22.5 Å².